The van der Waals surface area contributed by atoms with Crippen LogP contribution < -0.4 is 4.90 Å². The molecule has 1 aromatic carbocycles. The normalized spacial score (nSPS) is 14.2. The number of methoxy groups -OCH3 is 1. The van der Waals surface area contributed by atoms with Gasteiger partial charge in [0, 0.05) is 37.9 Å². The molecule has 0 radical (unpaired) electrons. The van der Waals surface area contributed by atoms with Crippen molar-refractivity contribution in [1.82, 2.24) is 4.90 Å². The molecule has 0 saturated carbocycles. The Morgan fingerprint density at radius 3 is 2.50 bits per heavy atom. The molecule has 1 amide bonds. The fourth-order valence-electron chi connectivity index (χ4n) is 2.88. The van der Waals surface area contributed by atoms with E-state index in [4.69, 9.17) is 4.42 Å². The number of carbonyl (C=O) groups excluding carboxylic acids is 2. The molecule has 2 aromatic rings. The Balaban J connectivity index is 1.74. The number of esters is 1. The zero-order chi connectivity index (χ0) is 18.7. The van der Waals surface area contributed by atoms with E-state index in [1.54, 1.807) is 23.1 Å². The highest BCUT2D eigenvalue weighted by Gasteiger charge is 2.26. The van der Waals surface area contributed by atoms with Crippen LogP contribution in [0, 0.1) is 10.1 Å². The van der Waals surface area contributed by atoms with Crippen LogP contribution >= 0.6 is 0 Å². The maximum atomic E-state index is 12.3. The third-order valence-corrected chi connectivity index (χ3v) is 4.25. The number of nitro benzene ring substituents is 1. The first-order valence-corrected chi connectivity index (χ1v) is 7.95. The Kier molecular flexibility index (Phi) is 4.87. The molecule has 1 fully saturated rings. The first kappa shape index (κ1) is 17.5. The lowest BCUT2D eigenvalue weighted by molar-refractivity contribution is -0.385. The zero-order valence-corrected chi connectivity index (χ0v) is 14.1. The smallest absolute Gasteiger partial charge is 0.344 e. The lowest BCUT2D eigenvalue weighted by Gasteiger charge is -2.35. The Hall–Kier alpha value is -3.36. The van der Waals surface area contributed by atoms with Crippen LogP contribution in [0.25, 0.3) is 0 Å². The molecule has 0 N–H and O–H groups in total. The molecule has 2 heterocycles. The second-order valence-electron chi connectivity index (χ2n) is 5.71. The van der Waals surface area contributed by atoms with Crippen LogP contribution in [-0.4, -0.2) is 55.0 Å². The minimum atomic E-state index is -0.759. The summed E-state index contributed by atoms with van der Waals surface area (Å²) in [5.74, 6) is -0.638. The second kappa shape index (κ2) is 7.26. The van der Waals surface area contributed by atoms with Gasteiger partial charge in [0.05, 0.1) is 18.3 Å². The fourth-order valence-corrected chi connectivity index (χ4v) is 2.88. The minimum absolute atomic E-state index is 0.0934. The van der Waals surface area contributed by atoms with Crippen LogP contribution in [0.4, 0.5) is 11.4 Å². The van der Waals surface area contributed by atoms with Gasteiger partial charge in [0.25, 0.3) is 11.6 Å². The zero-order valence-electron chi connectivity index (χ0n) is 14.1. The first-order chi connectivity index (χ1) is 12.5. The third kappa shape index (κ3) is 3.37. The molecule has 1 saturated heterocycles. The summed E-state index contributed by atoms with van der Waals surface area (Å²) >= 11 is 0. The largest absolute Gasteiger partial charge is 0.465 e. The number of furan rings is 1. The van der Waals surface area contributed by atoms with E-state index in [1.165, 1.54) is 25.5 Å². The second-order valence-corrected chi connectivity index (χ2v) is 5.71. The van der Waals surface area contributed by atoms with E-state index in [1.807, 2.05) is 4.90 Å². The van der Waals surface area contributed by atoms with Crippen molar-refractivity contribution in [2.24, 2.45) is 0 Å². The van der Waals surface area contributed by atoms with Gasteiger partial charge in [-0.25, -0.2) is 4.79 Å². The maximum absolute atomic E-state index is 12.3. The molecule has 26 heavy (non-hydrogen) atoms. The molecule has 1 aliphatic rings. The Bertz CT molecular complexity index is 825. The van der Waals surface area contributed by atoms with Crippen LogP contribution in [0.1, 0.15) is 20.9 Å². The molecule has 9 nitrogen and oxygen atoms in total. The van der Waals surface area contributed by atoms with Crippen molar-refractivity contribution in [3.05, 3.63) is 58.0 Å². The topological polar surface area (TPSA) is 106 Å². The van der Waals surface area contributed by atoms with Gasteiger partial charge in [0.2, 0.25) is 0 Å². The van der Waals surface area contributed by atoms with Crippen molar-refractivity contribution in [2.45, 2.75) is 0 Å². The summed E-state index contributed by atoms with van der Waals surface area (Å²) in [4.78, 5) is 38.2. The van der Waals surface area contributed by atoms with Crippen LogP contribution in [0.15, 0.2) is 41.0 Å². The van der Waals surface area contributed by atoms with Crippen LogP contribution in [0.2, 0.25) is 0 Å². The van der Waals surface area contributed by atoms with Gasteiger partial charge in [-0.1, -0.05) is 0 Å². The van der Waals surface area contributed by atoms with Gasteiger partial charge in [-0.3, -0.25) is 14.9 Å². The van der Waals surface area contributed by atoms with Gasteiger partial charge in [0.1, 0.15) is 5.56 Å². The maximum Gasteiger partial charge on any atom is 0.344 e. The molecule has 0 unspecified atom stereocenters. The Morgan fingerprint density at radius 2 is 1.92 bits per heavy atom. The van der Waals surface area contributed by atoms with Crippen molar-refractivity contribution in [3.63, 3.8) is 0 Å². The van der Waals surface area contributed by atoms with E-state index in [-0.39, 0.29) is 17.2 Å². The Labute approximate surface area is 148 Å². The van der Waals surface area contributed by atoms with Crippen molar-refractivity contribution in [3.8, 4) is 0 Å². The fraction of sp³-hybridized carbons (Fsp3) is 0.294. The lowest BCUT2D eigenvalue weighted by atomic mass is 10.1. The molecule has 9 heteroatoms. The molecule has 1 aliphatic heterocycles. The predicted octanol–water partition coefficient (Wildman–Crippen LogP) is 1.94. The number of rotatable bonds is 4. The highest BCUT2D eigenvalue weighted by molar-refractivity contribution is 5.95. The van der Waals surface area contributed by atoms with E-state index in [9.17, 15) is 19.7 Å². The van der Waals surface area contributed by atoms with E-state index < -0.39 is 10.9 Å². The number of amides is 1. The number of hydrogen-bond donors (Lipinski definition) is 0. The summed E-state index contributed by atoms with van der Waals surface area (Å²) in [6.45, 7) is 2.02. The summed E-state index contributed by atoms with van der Waals surface area (Å²) in [6.07, 6.45) is 1.45. The average Bonchev–Trinajstić information content (AvgIpc) is 3.21. The quantitative estimate of drug-likeness (QED) is 0.466. The molecule has 0 atom stereocenters. The van der Waals surface area contributed by atoms with Gasteiger partial charge in [0.15, 0.2) is 5.76 Å². The van der Waals surface area contributed by atoms with E-state index in [2.05, 4.69) is 4.74 Å². The molecule has 0 spiro atoms. The number of nitro groups is 1. The number of anilines is 1. The van der Waals surface area contributed by atoms with Crippen LogP contribution in [0.5, 0.6) is 0 Å². The summed E-state index contributed by atoms with van der Waals surface area (Å²) in [6, 6.07) is 7.62. The number of hydrogen-bond acceptors (Lipinski definition) is 7. The molecule has 3 rings (SSSR count). The molecule has 0 bridgehead atoms. The summed E-state index contributed by atoms with van der Waals surface area (Å²) in [5, 5.41) is 11.1. The highest BCUT2D eigenvalue weighted by atomic mass is 16.6. The van der Waals surface area contributed by atoms with Crippen LogP contribution in [-0.2, 0) is 4.74 Å². The summed E-state index contributed by atoms with van der Waals surface area (Å²) < 4.78 is 9.76. The van der Waals surface area contributed by atoms with E-state index in [0.717, 1.165) is 0 Å². The van der Waals surface area contributed by atoms with Gasteiger partial charge in [-0.05, 0) is 24.3 Å². The predicted molar refractivity (Wildman–Crippen MR) is 91.3 cm³/mol. The summed E-state index contributed by atoms with van der Waals surface area (Å²) in [5.41, 5.74) is 0.275. The molecular weight excluding hydrogens is 342 g/mol. The standard InChI is InChI=1S/C17H17N3O6/c1-25-17(22)13-11-12(4-5-14(13)20(23)24)18-6-8-19(9-7-18)16(21)15-3-2-10-26-15/h2-5,10-11H,6-9H2,1H3. The van der Waals surface area contributed by atoms with Crippen molar-refractivity contribution in [2.75, 3.05) is 38.2 Å². The van der Waals surface area contributed by atoms with E-state index in [0.29, 0.717) is 37.6 Å². The highest BCUT2D eigenvalue weighted by Crippen LogP contribution is 2.26. The first-order valence-electron chi connectivity index (χ1n) is 7.95. The van der Waals surface area contributed by atoms with Gasteiger partial charge < -0.3 is 19.0 Å². The minimum Gasteiger partial charge on any atom is -0.465 e. The van der Waals surface area contributed by atoms with Crippen molar-refractivity contribution >= 4 is 23.3 Å². The molecule has 136 valence electrons. The van der Waals surface area contributed by atoms with Crippen LogP contribution in [0.3, 0.4) is 0 Å². The van der Waals surface area contributed by atoms with Gasteiger partial charge >= 0.3 is 5.97 Å². The average molecular weight is 359 g/mol. The SMILES string of the molecule is COC(=O)c1cc(N2CCN(C(=O)c3ccco3)CC2)ccc1[N+](=O)[O-]. The number of piperazine rings is 1. The lowest BCUT2D eigenvalue weighted by Crippen LogP contribution is -2.48. The Morgan fingerprint density at radius 1 is 1.19 bits per heavy atom. The number of carbonyl (C=O) groups is 2. The number of ether oxygens (including phenoxy) is 1. The third-order valence-electron chi connectivity index (χ3n) is 4.25. The number of nitrogens with zero attached hydrogens (tertiary/aromatic N) is 3. The van der Waals surface area contributed by atoms with E-state index >= 15 is 0 Å². The number of benzene rings is 1. The summed E-state index contributed by atoms with van der Waals surface area (Å²) in [7, 11) is 1.18. The van der Waals surface area contributed by atoms with Crippen molar-refractivity contribution < 1.29 is 23.7 Å². The van der Waals surface area contributed by atoms with Gasteiger partial charge in [-0.2, -0.15) is 0 Å². The molecular formula is C17H17N3O6. The van der Waals surface area contributed by atoms with Gasteiger partial charge in [-0.15, -0.1) is 0 Å². The molecule has 0 aliphatic carbocycles. The molecule has 1 aromatic heterocycles. The van der Waals surface area contributed by atoms with Crippen molar-refractivity contribution in [1.29, 1.82) is 0 Å². The monoisotopic (exact) mass is 359 g/mol.